The SMILES string of the molecule is COC(=O)C1=C=CC(N)C1. The zero-order valence-corrected chi connectivity index (χ0v) is 5.76. The minimum atomic E-state index is -0.329. The fourth-order valence-corrected chi connectivity index (χ4v) is 0.827. The average Bonchev–Trinajstić information content (AvgIpc) is 2.34. The molecule has 0 aromatic carbocycles. The quantitative estimate of drug-likeness (QED) is 0.410. The Balaban J connectivity index is 2.62. The Kier molecular flexibility index (Phi) is 1.90. The topological polar surface area (TPSA) is 52.3 Å². The van der Waals surface area contributed by atoms with Crippen molar-refractivity contribution in [2.45, 2.75) is 12.5 Å². The number of esters is 1. The molecule has 0 aromatic heterocycles. The molecule has 54 valence electrons. The van der Waals surface area contributed by atoms with Gasteiger partial charge in [-0.3, -0.25) is 0 Å². The Labute approximate surface area is 59.2 Å². The Morgan fingerprint density at radius 3 is 3.10 bits per heavy atom. The molecule has 0 aromatic rings. The van der Waals surface area contributed by atoms with Crippen LogP contribution in [0.1, 0.15) is 6.42 Å². The lowest BCUT2D eigenvalue weighted by molar-refractivity contribution is -0.136. The lowest BCUT2D eigenvalue weighted by Crippen LogP contribution is -2.16. The van der Waals surface area contributed by atoms with E-state index in [9.17, 15) is 4.79 Å². The number of ether oxygens (including phenoxy) is 1. The van der Waals surface area contributed by atoms with Crippen LogP contribution in [0.2, 0.25) is 0 Å². The highest BCUT2D eigenvalue weighted by Crippen LogP contribution is 2.10. The van der Waals surface area contributed by atoms with Crippen LogP contribution >= 0.6 is 0 Å². The molecule has 1 unspecified atom stereocenters. The summed E-state index contributed by atoms with van der Waals surface area (Å²) in [4.78, 5) is 10.8. The number of rotatable bonds is 1. The molecule has 0 spiro atoms. The van der Waals surface area contributed by atoms with Crippen LogP contribution in [0, 0.1) is 0 Å². The van der Waals surface area contributed by atoms with Crippen LogP contribution < -0.4 is 5.73 Å². The minimum Gasteiger partial charge on any atom is -0.465 e. The third-order valence-electron chi connectivity index (χ3n) is 1.34. The predicted octanol–water partition coefficient (Wildman–Crippen LogP) is -0.0281. The lowest BCUT2D eigenvalue weighted by Gasteiger charge is -1.99. The van der Waals surface area contributed by atoms with Crippen LogP contribution in [-0.4, -0.2) is 19.1 Å². The first-order chi connectivity index (χ1) is 4.74. The van der Waals surface area contributed by atoms with Gasteiger partial charge in [0.15, 0.2) is 0 Å². The highest BCUT2D eigenvalue weighted by molar-refractivity contribution is 5.88. The normalized spacial score (nSPS) is 22.6. The largest absolute Gasteiger partial charge is 0.465 e. The fourth-order valence-electron chi connectivity index (χ4n) is 0.827. The van der Waals surface area contributed by atoms with Gasteiger partial charge in [0, 0.05) is 12.5 Å². The average molecular weight is 139 g/mol. The minimum absolute atomic E-state index is 0.0610. The number of carbonyl (C=O) groups is 1. The second-order valence-corrected chi connectivity index (χ2v) is 2.15. The van der Waals surface area contributed by atoms with E-state index in [2.05, 4.69) is 10.5 Å². The van der Waals surface area contributed by atoms with Crippen LogP contribution in [0.5, 0.6) is 0 Å². The summed E-state index contributed by atoms with van der Waals surface area (Å²) in [6.45, 7) is 0. The molecule has 1 atom stereocenters. The first kappa shape index (κ1) is 7.06. The molecule has 1 rings (SSSR count). The third-order valence-corrected chi connectivity index (χ3v) is 1.34. The van der Waals surface area contributed by atoms with Crippen molar-refractivity contribution in [1.82, 2.24) is 0 Å². The summed E-state index contributed by atoms with van der Waals surface area (Å²) in [6, 6.07) is -0.0610. The van der Waals surface area contributed by atoms with Gasteiger partial charge in [-0.05, 0) is 6.08 Å². The summed E-state index contributed by atoms with van der Waals surface area (Å²) in [7, 11) is 1.35. The Morgan fingerprint density at radius 1 is 2.00 bits per heavy atom. The van der Waals surface area contributed by atoms with Crippen LogP contribution in [0.4, 0.5) is 0 Å². The van der Waals surface area contributed by atoms with Gasteiger partial charge in [-0.2, -0.15) is 0 Å². The summed E-state index contributed by atoms with van der Waals surface area (Å²) < 4.78 is 4.47. The van der Waals surface area contributed by atoms with Crippen LogP contribution in [-0.2, 0) is 9.53 Å². The van der Waals surface area contributed by atoms with E-state index in [1.807, 2.05) is 0 Å². The highest BCUT2D eigenvalue weighted by Gasteiger charge is 2.15. The second kappa shape index (κ2) is 2.69. The van der Waals surface area contributed by atoms with Gasteiger partial charge in [0.1, 0.15) is 0 Å². The number of hydrogen-bond donors (Lipinski definition) is 1. The molecule has 0 fully saturated rings. The van der Waals surface area contributed by atoms with Crippen molar-refractivity contribution in [3.63, 3.8) is 0 Å². The Morgan fingerprint density at radius 2 is 2.70 bits per heavy atom. The van der Waals surface area contributed by atoms with E-state index in [0.717, 1.165) is 0 Å². The zero-order chi connectivity index (χ0) is 7.56. The first-order valence-corrected chi connectivity index (χ1v) is 3.03. The van der Waals surface area contributed by atoms with Gasteiger partial charge in [0.25, 0.3) is 0 Å². The van der Waals surface area contributed by atoms with Crippen molar-refractivity contribution in [1.29, 1.82) is 0 Å². The zero-order valence-electron chi connectivity index (χ0n) is 5.76. The smallest absolute Gasteiger partial charge is 0.341 e. The summed E-state index contributed by atoms with van der Waals surface area (Å²) in [5.74, 6) is -0.329. The van der Waals surface area contributed by atoms with Gasteiger partial charge in [-0.25, -0.2) is 4.79 Å². The summed E-state index contributed by atoms with van der Waals surface area (Å²) in [5, 5.41) is 0. The van der Waals surface area contributed by atoms with E-state index in [-0.39, 0.29) is 12.0 Å². The standard InChI is InChI=1S/C7H9NO2/c1-10-7(9)5-2-3-6(8)4-5/h3,6H,4,8H2,1H3. The fraction of sp³-hybridized carbons (Fsp3) is 0.429. The molecular weight excluding hydrogens is 130 g/mol. The summed E-state index contributed by atoms with van der Waals surface area (Å²) in [5.41, 5.74) is 8.76. The molecule has 0 bridgehead atoms. The molecule has 0 aliphatic heterocycles. The van der Waals surface area contributed by atoms with Crippen LogP contribution in [0.15, 0.2) is 17.4 Å². The Hall–Kier alpha value is -1.05. The maximum absolute atomic E-state index is 10.8. The van der Waals surface area contributed by atoms with Crippen molar-refractivity contribution in [2.75, 3.05) is 7.11 Å². The van der Waals surface area contributed by atoms with Crippen molar-refractivity contribution in [3.8, 4) is 0 Å². The molecule has 0 radical (unpaired) electrons. The number of carbonyl (C=O) groups excluding carboxylic acids is 1. The monoisotopic (exact) mass is 139 g/mol. The van der Waals surface area contributed by atoms with Gasteiger partial charge < -0.3 is 10.5 Å². The molecule has 2 N–H and O–H groups in total. The summed E-state index contributed by atoms with van der Waals surface area (Å²) in [6.07, 6.45) is 2.22. The molecule has 0 saturated carbocycles. The molecule has 3 heteroatoms. The molecule has 0 heterocycles. The van der Waals surface area contributed by atoms with Gasteiger partial charge in [-0.15, -0.1) is 5.73 Å². The molecule has 3 nitrogen and oxygen atoms in total. The molecule has 1 aliphatic rings. The maximum atomic E-state index is 10.8. The first-order valence-electron chi connectivity index (χ1n) is 3.03. The lowest BCUT2D eigenvalue weighted by atomic mass is 10.2. The molecule has 10 heavy (non-hydrogen) atoms. The van der Waals surface area contributed by atoms with E-state index < -0.39 is 0 Å². The predicted molar refractivity (Wildman–Crippen MR) is 36.2 cm³/mol. The Bertz CT molecular complexity index is 214. The van der Waals surface area contributed by atoms with E-state index in [1.54, 1.807) is 6.08 Å². The van der Waals surface area contributed by atoms with Crippen LogP contribution in [0.3, 0.4) is 0 Å². The van der Waals surface area contributed by atoms with E-state index in [4.69, 9.17) is 5.73 Å². The van der Waals surface area contributed by atoms with Crippen LogP contribution in [0.25, 0.3) is 0 Å². The van der Waals surface area contributed by atoms with Crippen molar-refractivity contribution >= 4 is 5.97 Å². The molecule has 0 saturated heterocycles. The van der Waals surface area contributed by atoms with Gasteiger partial charge in [-0.1, -0.05) is 0 Å². The molecule has 1 aliphatic carbocycles. The highest BCUT2D eigenvalue weighted by atomic mass is 16.5. The van der Waals surface area contributed by atoms with Gasteiger partial charge in [0.2, 0.25) is 0 Å². The number of nitrogens with two attached hydrogens (primary N) is 1. The van der Waals surface area contributed by atoms with Crippen molar-refractivity contribution < 1.29 is 9.53 Å². The maximum Gasteiger partial charge on any atom is 0.341 e. The summed E-state index contributed by atoms with van der Waals surface area (Å²) >= 11 is 0. The molecule has 0 amide bonds. The number of hydrogen-bond acceptors (Lipinski definition) is 3. The van der Waals surface area contributed by atoms with Crippen molar-refractivity contribution in [3.05, 3.63) is 17.4 Å². The second-order valence-electron chi connectivity index (χ2n) is 2.15. The number of methoxy groups -OCH3 is 1. The third kappa shape index (κ3) is 1.26. The molecular formula is C7H9NO2. The van der Waals surface area contributed by atoms with Crippen molar-refractivity contribution in [2.24, 2.45) is 5.73 Å². The van der Waals surface area contributed by atoms with Gasteiger partial charge in [0.05, 0.1) is 12.7 Å². The van der Waals surface area contributed by atoms with E-state index >= 15 is 0 Å². The van der Waals surface area contributed by atoms with Gasteiger partial charge >= 0.3 is 5.97 Å². The van der Waals surface area contributed by atoms with E-state index in [0.29, 0.717) is 12.0 Å². The van der Waals surface area contributed by atoms with E-state index in [1.165, 1.54) is 7.11 Å².